The van der Waals surface area contributed by atoms with Crippen LogP contribution in [0.25, 0.3) is 0 Å². The van der Waals surface area contributed by atoms with Crippen molar-refractivity contribution in [1.29, 1.82) is 0 Å². The molecule has 0 aromatic carbocycles. The first-order chi connectivity index (χ1) is 9.67. The molecule has 1 heterocycles. The number of hydrogen-bond acceptors (Lipinski definition) is 6. The number of nitrogens with zero attached hydrogens (tertiary/aromatic N) is 1. The van der Waals surface area contributed by atoms with Crippen molar-refractivity contribution in [2.24, 2.45) is 0 Å². The van der Waals surface area contributed by atoms with Gasteiger partial charge in [-0.1, -0.05) is 0 Å². The van der Waals surface area contributed by atoms with Gasteiger partial charge in [-0.2, -0.15) is 0 Å². The molecule has 2 N–H and O–H groups in total. The molecule has 0 saturated heterocycles. The van der Waals surface area contributed by atoms with E-state index in [-0.39, 0.29) is 13.0 Å². The van der Waals surface area contributed by atoms with Crippen molar-refractivity contribution < 1.29 is 23.8 Å². The van der Waals surface area contributed by atoms with Crippen LogP contribution in [-0.4, -0.2) is 61.9 Å². The number of ether oxygens (including phenoxy) is 3. The number of rotatable bonds is 9. The summed E-state index contributed by atoms with van der Waals surface area (Å²) < 4.78 is 14.5. The van der Waals surface area contributed by atoms with Gasteiger partial charge in [-0.25, -0.2) is 9.78 Å². The van der Waals surface area contributed by atoms with Gasteiger partial charge in [-0.3, -0.25) is 4.79 Å². The fraction of sp³-hybridized carbons (Fsp3) is 0.583. The van der Waals surface area contributed by atoms with Crippen molar-refractivity contribution in [2.75, 3.05) is 34.0 Å². The molecule has 0 fully saturated rings. The highest BCUT2D eigenvalue weighted by molar-refractivity contribution is 5.85. The Kier molecular flexibility index (Phi) is 7.30. The maximum absolute atomic E-state index is 11.7. The van der Waals surface area contributed by atoms with E-state index >= 15 is 0 Å². The first kappa shape index (κ1) is 16.1. The summed E-state index contributed by atoms with van der Waals surface area (Å²) in [5.74, 6) is -0.926. The molecule has 1 rings (SSSR count). The molecule has 0 spiro atoms. The topological polar surface area (TPSA) is 103 Å². The number of aromatic amines is 1. The highest BCUT2D eigenvalue weighted by atomic mass is 16.5. The number of nitrogens with one attached hydrogen (secondary N) is 2. The molecule has 0 radical (unpaired) electrons. The van der Waals surface area contributed by atoms with E-state index < -0.39 is 17.9 Å². The van der Waals surface area contributed by atoms with Crippen molar-refractivity contribution in [3.63, 3.8) is 0 Å². The minimum atomic E-state index is -0.790. The molecule has 1 atom stereocenters. The Hall–Kier alpha value is -1.93. The normalized spacial score (nSPS) is 11.9. The number of H-pyrrole nitrogens is 1. The second kappa shape index (κ2) is 9.05. The van der Waals surface area contributed by atoms with E-state index in [1.54, 1.807) is 13.3 Å². The highest BCUT2D eigenvalue weighted by Gasteiger charge is 2.22. The Morgan fingerprint density at radius 2 is 2.20 bits per heavy atom. The lowest BCUT2D eigenvalue weighted by Gasteiger charge is -2.15. The maximum Gasteiger partial charge on any atom is 0.328 e. The van der Waals surface area contributed by atoms with Crippen molar-refractivity contribution in [1.82, 2.24) is 15.3 Å². The van der Waals surface area contributed by atoms with Crippen molar-refractivity contribution in [2.45, 2.75) is 12.5 Å². The van der Waals surface area contributed by atoms with Gasteiger partial charge in [0.25, 0.3) is 0 Å². The van der Waals surface area contributed by atoms with Gasteiger partial charge in [0, 0.05) is 19.7 Å². The standard InChI is InChI=1S/C12H19N3O5/c1-18-3-4-20-7-11(16)15-10(12(17)19-2)5-9-6-13-8-14-9/h6,8,10H,3-5,7H2,1-2H3,(H,13,14)(H,15,16). The summed E-state index contributed by atoms with van der Waals surface area (Å²) in [6.45, 7) is 0.574. The Morgan fingerprint density at radius 3 is 2.80 bits per heavy atom. The molecule has 1 unspecified atom stereocenters. The van der Waals surface area contributed by atoms with Crippen LogP contribution in [0.5, 0.6) is 0 Å². The molecule has 1 aromatic rings. The van der Waals surface area contributed by atoms with E-state index in [2.05, 4.69) is 20.0 Å². The number of aromatic nitrogens is 2. The molecule has 8 heteroatoms. The number of imidazole rings is 1. The van der Waals surface area contributed by atoms with Gasteiger partial charge < -0.3 is 24.5 Å². The van der Waals surface area contributed by atoms with E-state index in [9.17, 15) is 9.59 Å². The smallest absolute Gasteiger partial charge is 0.328 e. The first-order valence-corrected chi connectivity index (χ1v) is 6.09. The molecule has 1 aromatic heterocycles. The molecule has 0 aliphatic heterocycles. The highest BCUT2D eigenvalue weighted by Crippen LogP contribution is 2.00. The molecule has 0 aliphatic carbocycles. The zero-order chi connectivity index (χ0) is 14.8. The second-order valence-corrected chi connectivity index (χ2v) is 3.95. The quantitative estimate of drug-likeness (QED) is 0.458. The minimum absolute atomic E-state index is 0.141. The molecule has 20 heavy (non-hydrogen) atoms. The monoisotopic (exact) mass is 285 g/mol. The third kappa shape index (κ3) is 5.81. The third-order valence-corrected chi connectivity index (χ3v) is 2.45. The average Bonchev–Trinajstić information content (AvgIpc) is 2.95. The molecular weight excluding hydrogens is 266 g/mol. The average molecular weight is 285 g/mol. The Balaban J connectivity index is 2.43. The van der Waals surface area contributed by atoms with Gasteiger partial charge in [-0.15, -0.1) is 0 Å². The van der Waals surface area contributed by atoms with Gasteiger partial charge in [-0.05, 0) is 0 Å². The summed E-state index contributed by atoms with van der Waals surface area (Å²) >= 11 is 0. The summed E-state index contributed by atoms with van der Waals surface area (Å²) in [7, 11) is 2.81. The fourth-order valence-electron chi connectivity index (χ4n) is 1.49. The van der Waals surface area contributed by atoms with Crippen molar-refractivity contribution >= 4 is 11.9 Å². The van der Waals surface area contributed by atoms with Crippen LogP contribution in [0.2, 0.25) is 0 Å². The van der Waals surface area contributed by atoms with Crippen LogP contribution in [0.1, 0.15) is 5.69 Å². The minimum Gasteiger partial charge on any atom is -0.467 e. The van der Waals surface area contributed by atoms with Crippen LogP contribution in [0.3, 0.4) is 0 Å². The van der Waals surface area contributed by atoms with E-state index in [0.717, 1.165) is 0 Å². The number of esters is 1. The zero-order valence-corrected chi connectivity index (χ0v) is 11.5. The summed E-state index contributed by atoms with van der Waals surface area (Å²) in [5, 5.41) is 2.55. The largest absolute Gasteiger partial charge is 0.467 e. The Morgan fingerprint density at radius 1 is 1.40 bits per heavy atom. The molecule has 0 bridgehead atoms. The predicted octanol–water partition coefficient (Wildman–Crippen LogP) is -0.727. The van der Waals surface area contributed by atoms with Gasteiger partial charge in [0.05, 0.1) is 32.3 Å². The van der Waals surface area contributed by atoms with Gasteiger partial charge >= 0.3 is 5.97 Å². The number of methoxy groups -OCH3 is 2. The SMILES string of the molecule is COCCOCC(=O)NC(Cc1c[nH]cn1)C(=O)OC. The zero-order valence-electron chi connectivity index (χ0n) is 11.5. The van der Waals surface area contributed by atoms with Gasteiger partial charge in [0.2, 0.25) is 5.91 Å². The second-order valence-electron chi connectivity index (χ2n) is 3.95. The molecular formula is C12H19N3O5. The van der Waals surface area contributed by atoms with Crippen LogP contribution in [0, 0.1) is 0 Å². The Bertz CT molecular complexity index is 407. The van der Waals surface area contributed by atoms with Crippen molar-refractivity contribution in [3.8, 4) is 0 Å². The third-order valence-electron chi connectivity index (χ3n) is 2.45. The van der Waals surface area contributed by atoms with Gasteiger partial charge in [0.1, 0.15) is 12.6 Å². The first-order valence-electron chi connectivity index (χ1n) is 6.09. The summed E-state index contributed by atoms with van der Waals surface area (Å²) in [6, 6.07) is -0.790. The van der Waals surface area contributed by atoms with Crippen LogP contribution < -0.4 is 5.32 Å². The molecule has 1 amide bonds. The van der Waals surface area contributed by atoms with Crippen LogP contribution in [-0.2, 0) is 30.2 Å². The number of amides is 1. The van der Waals surface area contributed by atoms with E-state index in [1.165, 1.54) is 13.4 Å². The molecule has 112 valence electrons. The maximum atomic E-state index is 11.7. The van der Waals surface area contributed by atoms with E-state index in [4.69, 9.17) is 9.47 Å². The Labute approximate surface area is 116 Å². The van der Waals surface area contributed by atoms with E-state index in [0.29, 0.717) is 18.9 Å². The molecule has 0 saturated carbocycles. The number of carbonyl (C=O) groups excluding carboxylic acids is 2. The summed E-state index contributed by atoms with van der Waals surface area (Å²) in [5.41, 5.74) is 0.654. The summed E-state index contributed by atoms with van der Waals surface area (Å²) in [6.07, 6.45) is 3.40. The number of hydrogen-bond donors (Lipinski definition) is 2. The van der Waals surface area contributed by atoms with Crippen LogP contribution in [0.4, 0.5) is 0 Å². The van der Waals surface area contributed by atoms with Crippen molar-refractivity contribution in [3.05, 3.63) is 18.2 Å². The molecule has 8 nitrogen and oxygen atoms in total. The fourth-order valence-corrected chi connectivity index (χ4v) is 1.49. The molecule has 0 aliphatic rings. The van der Waals surface area contributed by atoms with Crippen LogP contribution in [0.15, 0.2) is 12.5 Å². The van der Waals surface area contributed by atoms with Crippen LogP contribution >= 0.6 is 0 Å². The number of carbonyl (C=O) groups is 2. The lowest BCUT2D eigenvalue weighted by Crippen LogP contribution is -2.44. The van der Waals surface area contributed by atoms with E-state index in [1.807, 2.05) is 0 Å². The lowest BCUT2D eigenvalue weighted by molar-refractivity contribution is -0.145. The summed E-state index contributed by atoms with van der Waals surface area (Å²) in [4.78, 5) is 30.1. The van der Waals surface area contributed by atoms with Gasteiger partial charge in [0.15, 0.2) is 0 Å². The lowest BCUT2D eigenvalue weighted by atomic mass is 10.1. The predicted molar refractivity (Wildman–Crippen MR) is 68.9 cm³/mol.